The summed E-state index contributed by atoms with van der Waals surface area (Å²) < 4.78 is 1.55. The van der Waals surface area contributed by atoms with Crippen molar-refractivity contribution in [2.75, 3.05) is 18.0 Å². The number of piperidine rings is 1. The first kappa shape index (κ1) is 15.9. The van der Waals surface area contributed by atoms with Crippen LogP contribution in [0.1, 0.15) is 22.5 Å². The van der Waals surface area contributed by atoms with Crippen molar-refractivity contribution in [2.24, 2.45) is 0 Å². The highest BCUT2D eigenvalue weighted by Crippen LogP contribution is 2.35. The van der Waals surface area contributed by atoms with Crippen LogP contribution in [0, 0.1) is 6.92 Å². The fourth-order valence-corrected chi connectivity index (χ4v) is 3.95. The first-order valence-corrected chi connectivity index (χ1v) is 8.89. The Morgan fingerprint density at radius 3 is 2.74 bits per heavy atom. The van der Waals surface area contributed by atoms with Gasteiger partial charge < -0.3 is 9.80 Å². The molecule has 6 rings (SSSR count). The molecule has 1 aromatic carbocycles. The molecule has 9 nitrogen and oxygen atoms in total. The zero-order valence-electron chi connectivity index (χ0n) is 14.8. The van der Waals surface area contributed by atoms with Crippen LogP contribution in [0.5, 0.6) is 0 Å². The molecule has 2 bridgehead atoms. The summed E-state index contributed by atoms with van der Waals surface area (Å²) in [5, 5.41) is 11.2. The third-order valence-corrected chi connectivity index (χ3v) is 5.25. The number of tetrazole rings is 1. The summed E-state index contributed by atoms with van der Waals surface area (Å²) in [6.45, 7) is 3.56. The number of rotatable bonds is 3. The number of carbonyl (C=O) groups is 1. The summed E-state index contributed by atoms with van der Waals surface area (Å²) in [5.74, 6) is 0.995. The number of benzene rings is 1. The van der Waals surface area contributed by atoms with Gasteiger partial charge in [0.25, 0.3) is 5.91 Å². The zero-order chi connectivity index (χ0) is 18.4. The Hall–Kier alpha value is -3.36. The molecule has 2 aromatic heterocycles. The number of piperazine rings is 1. The maximum absolute atomic E-state index is 13.1. The number of anilines is 1. The molecule has 2 unspecified atom stereocenters. The SMILES string of the molecule is Cc1cc(N2CC3CC(C2)N3C(=O)c2cccc(-n3cnnn3)c2)ncn1. The molecule has 3 aliphatic rings. The second-order valence-electron chi connectivity index (χ2n) is 6.98. The maximum atomic E-state index is 13.1. The van der Waals surface area contributed by atoms with Crippen LogP contribution in [-0.2, 0) is 0 Å². The van der Waals surface area contributed by atoms with Gasteiger partial charge in [-0.3, -0.25) is 4.79 Å². The van der Waals surface area contributed by atoms with E-state index in [2.05, 4.69) is 30.4 Å². The van der Waals surface area contributed by atoms with Crippen molar-refractivity contribution in [2.45, 2.75) is 25.4 Å². The lowest BCUT2D eigenvalue weighted by molar-refractivity contribution is 0.00575. The number of hydrogen-bond donors (Lipinski definition) is 0. The largest absolute Gasteiger partial charge is 0.352 e. The molecule has 9 heteroatoms. The predicted octanol–water partition coefficient (Wildman–Crippen LogP) is 0.864. The van der Waals surface area contributed by atoms with Gasteiger partial charge in [-0.05, 0) is 42.0 Å². The Morgan fingerprint density at radius 1 is 1.15 bits per heavy atom. The van der Waals surface area contributed by atoms with Crippen LogP contribution in [-0.4, -0.2) is 66.2 Å². The summed E-state index contributed by atoms with van der Waals surface area (Å²) in [6, 6.07) is 9.83. The standard InChI is InChI=1S/C18H18N8O/c1-12-5-17(20-10-19-12)24-8-15-7-16(9-24)26(15)18(27)13-3-2-4-14(6-13)25-11-21-22-23-25/h2-6,10-11,15-16H,7-9H2,1H3. The Bertz CT molecular complexity index is 977. The molecule has 3 saturated heterocycles. The Labute approximate surface area is 155 Å². The van der Waals surface area contributed by atoms with Gasteiger partial charge in [0.05, 0.1) is 17.8 Å². The molecule has 2 atom stereocenters. The van der Waals surface area contributed by atoms with Crippen LogP contribution >= 0.6 is 0 Å². The van der Waals surface area contributed by atoms with Crippen molar-refractivity contribution in [3.63, 3.8) is 0 Å². The average Bonchev–Trinajstić information content (AvgIpc) is 3.23. The van der Waals surface area contributed by atoms with E-state index in [1.165, 1.54) is 6.33 Å². The summed E-state index contributed by atoms with van der Waals surface area (Å²) in [7, 11) is 0. The van der Waals surface area contributed by atoms with Gasteiger partial charge in [0.2, 0.25) is 0 Å². The minimum absolute atomic E-state index is 0.0599. The molecule has 3 fully saturated rings. The van der Waals surface area contributed by atoms with E-state index in [1.54, 1.807) is 11.0 Å². The van der Waals surface area contributed by atoms with Gasteiger partial charge in [0.15, 0.2) is 0 Å². The smallest absolute Gasteiger partial charge is 0.254 e. The van der Waals surface area contributed by atoms with E-state index in [-0.39, 0.29) is 18.0 Å². The molecule has 5 heterocycles. The van der Waals surface area contributed by atoms with Crippen molar-refractivity contribution in [3.8, 4) is 5.69 Å². The van der Waals surface area contributed by atoms with Gasteiger partial charge in [-0.1, -0.05) is 6.07 Å². The molecule has 136 valence electrons. The van der Waals surface area contributed by atoms with Crippen molar-refractivity contribution >= 4 is 11.7 Å². The van der Waals surface area contributed by atoms with Crippen LogP contribution in [0.15, 0.2) is 43.0 Å². The van der Waals surface area contributed by atoms with Crippen LogP contribution in [0.3, 0.4) is 0 Å². The second-order valence-corrected chi connectivity index (χ2v) is 6.98. The molecule has 0 saturated carbocycles. The van der Waals surface area contributed by atoms with E-state index in [1.807, 2.05) is 42.2 Å². The van der Waals surface area contributed by atoms with Gasteiger partial charge in [0.1, 0.15) is 18.5 Å². The number of carbonyl (C=O) groups excluding carboxylic acids is 1. The number of aromatic nitrogens is 6. The fourth-order valence-electron chi connectivity index (χ4n) is 3.95. The van der Waals surface area contributed by atoms with E-state index in [0.29, 0.717) is 5.56 Å². The molecule has 3 aliphatic heterocycles. The molecule has 27 heavy (non-hydrogen) atoms. The number of fused-ring (bicyclic) bond motifs is 2. The number of hydrogen-bond acceptors (Lipinski definition) is 7. The maximum Gasteiger partial charge on any atom is 0.254 e. The van der Waals surface area contributed by atoms with Crippen LogP contribution < -0.4 is 4.90 Å². The molecule has 0 aliphatic carbocycles. The van der Waals surface area contributed by atoms with Gasteiger partial charge in [-0.2, -0.15) is 0 Å². The van der Waals surface area contributed by atoms with Crippen molar-refractivity contribution in [1.82, 2.24) is 35.1 Å². The molecule has 0 radical (unpaired) electrons. The predicted molar refractivity (Wildman–Crippen MR) is 96.5 cm³/mol. The van der Waals surface area contributed by atoms with Crippen molar-refractivity contribution in [1.29, 1.82) is 0 Å². The highest BCUT2D eigenvalue weighted by molar-refractivity contribution is 5.96. The monoisotopic (exact) mass is 362 g/mol. The van der Waals surface area contributed by atoms with Crippen LogP contribution in [0.2, 0.25) is 0 Å². The Morgan fingerprint density at radius 2 is 2.00 bits per heavy atom. The van der Waals surface area contributed by atoms with E-state index in [0.717, 1.165) is 36.7 Å². The lowest BCUT2D eigenvalue weighted by Crippen LogP contribution is -2.70. The molecular weight excluding hydrogens is 344 g/mol. The number of aryl methyl sites for hydroxylation is 1. The first-order valence-electron chi connectivity index (χ1n) is 8.89. The zero-order valence-corrected chi connectivity index (χ0v) is 14.8. The highest BCUT2D eigenvalue weighted by atomic mass is 16.2. The number of nitrogens with zero attached hydrogens (tertiary/aromatic N) is 8. The molecule has 0 N–H and O–H groups in total. The van der Waals surface area contributed by atoms with Crippen molar-refractivity contribution < 1.29 is 4.79 Å². The summed E-state index contributed by atoms with van der Waals surface area (Å²) in [5.41, 5.74) is 2.38. The Balaban J connectivity index is 1.34. The minimum atomic E-state index is 0.0599. The van der Waals surface area contributed by atoms with Gasteiger partial charge in [0, 0.05) is 30.4 Å². The lowest BCUT2D eigenvalue weighted by Gasteiger charge is -2.56. The van der Waals surface area contributed by atoms with Gasteiger partial charge >= 0.3 is 0 Å². The fraction of sp³-hybridized carbons (Fsp3) is 0.333. The summed E-state index contributed by atoms with van der Waals surface area (Å²) in [4.78, 5) is 25.9. The molecule has 3 aromatic rings. The van der Waals surface area contributed by atoms with Gasteiger partial charge in [-0.25, -0.2) is 14.6 Å². The van der Waals surface area contributed by atoms with Crippen LogP contribution in [0.4, 0.5) is 5.82 Å². The normalized spacial score (nSPS) is 21.1. The van der Waals surface area contributed by atoms with Crippen LogP contribution in [0.25, 0.3) is 5.69 Å². The number of amides is 1. The quantitative estimate of drug-likeness (QED) is 0.682. The second kappa shape index (κ2) is 6.11. The van der Waals surface area contributed by atoms with Crippen molar-refractivity contribution in [3.05, 3.63) is 54.2 Å². The average molecular weight is 362 g/mol. The van der Waals surface area contributed by atoms with E-state index < -0.39 is 0 Å². The highest BCUT2D eigenvalue weighted by Gasteiger charge is 2.47. The van der Waals surface area contributed by atoms with E-state index in [9.17, 15) is 4.79 Å². The van der Waals surface area contributed by atoms with E-state index >= 15 is 0 Å². The molecular formula is C18H18N8O. The van der Waals surface area contributed by atoms with E-state index in [4.69, 9.17) is 0 Å². The third kappa shape index (κ3) is 2.71. The topological polar surface area (TPSA) is 92.9 Å². The van der Waals surface area contributed by atoms with Gasteiger partial charge in [-0.15, -0.1) is 5.10 Å². The first-order chi connectivity index (χ1) is 13.2. The summed E-state index contributed by atoms with van der Waals surface area (Å²) in [6.07, 6.45) is 4.15. The molecule has 0 spiro atoms. The Kier molecular flexibility index (Phi) is 3.59. The molecule has 1 amide bonds. The summed E-state index contributed by atoms with van der Waals surface area (Å²) >= 11 is 0. The minimum Gasteiger partial charge on any atom is -0.352 e. The third-order valence-electron chi connectivity index (χ3n) is 5.25. The lowest BCUT2D eigenvalue weighted by atomic mass is 9.86.